The Labute approximate surface area is 145 Å². The van der Waals surface area contributed by atoms with Gasteiger partial charge in [-0.15, -0.1) is 5.10 Å². The van der Waals surface area contributed by atoms with E-state index in [0.29, 0.717) is 17.3 Å². The maximum Gasteiger partial charge on any atom is 0.336 e. The molecule has 1 aromatic carbocycles. The number of aromatic nitrogens is 4. The van der Waals surface area contributed by atoms with Gasteiger partial charge < -0.3 is 4.42 Å². The number of thioether (sulfide) groups is 1. The third-order valence-corrected chi connectivity index (χ3v) is 4.69. The van der Waals surface area contributed by atoms with Gasteiger partial charge in [-0.1, -0.05) is 41.5 Å². The zero-order chi connectivity index (χ0) is 16.4. The van der Waals surface area contributed by atoms with Crippen LogP contribution in [0.1, 0.15) is 19.4 Å². The molecule has 0 amide bonds. The predicted octanol–water partition coefficient (Wildman–Crippen LogP) is 3.49. The first kappa shape index (κ1) is 16.2. The van der Waals surface area contributed by atoms with Crippen molar-refractivity contribution >= 4 is 38.7 Å². The standard InChI is InChI=1S/C15H15BrN4O2S/c1-9(2)7-20-15(17-18-19-20)23-8-10-5-14(21)22-13-6-11(16)3-4-12(10)13/h3-6,9H,7-8H2,1-2H3. The second kappa shape index (κ2) is 6.84. The van der Waals surface area contributed by atoms with Crippen molar-refractivity contribution in [3.8, 4) is 0 Å². The highest BCUT2D eigenvalue weighted by Gasteiger charge is 2.11. The molecular weight excluding hydrogens is 380 g/mol. The lowest BCUT2D eigenvalue weighted by Crippen LogP contribution is -2.08. The van der Waals surface area contributed by atoms with Gasteiger partial charge in [0.15, 0.2) is 0 Å². The Balaban J connectivity index is 1.88. The molecule has 0 bridgehead atoms. The van der Waals surface area contributed by atoms with Crippen molar-refractivity contribution in [3.63, 3.8) is 0 Å². The molecule has 0 unspecified atom stereocenters. The molecule has 3 rings (SSSR count). The van der Waals surface area contributed by atoms with Crippen LogP contribution in [0.4, 0.5) is 0 Å². The Hall–Kier alpha value is -1.67. The van der Waals surface area contributed by atoms with Crippen molar-refractivity contribution in [1.29, 1.82) is 0 Å². The number of halogens is 1. The van der Waals surface area contributed by atoms with E-state index in [1.807, 2.05) is 12.1 Å². The molecule has 6 nitrogen and oxygen atoms in total. The summed E-state index contributed by atoms with van der Waals surface area (Å²) in [5.74, 6) is 1.06. The van der Waals surface area contributed by atoms with Crippen molar-refractivity contribution in [2.75, 3.05) is 0 Å². The Bertz CT molecular complexity index is 891. The van der Waals surface area contributed by atoms with Crippen molar-refractivity contribution in [2.24, 2.45) is 5.92 Å². The molecule has 0 aliphatic carbocycles. The van der Waals surface area contributed by atoms with Crippen molar-refractivity contribution in [1.82, 2.24) is 20.2 Å². The van der Waals surface area contributed by atoms with Gasteiger partial charge in [0.2, 0.25) is 5.16 Å². The van der Waals surface area contributed by atoms with Crippen LogP contribution in [-0.2, 0) is 12.3 Å². The van der Waals surface area contributed by atoms with Crippen LogP contribution in [-0.4, -0.2) is 20.2 Å². The molecule has 0 spiro atoms. The number of tetrazole rings is 1. The van der Waals surface area contributed by atoms with E-state index in [2.05, 4.69) is 45.3 Å². The second-order valence-corrected chi connectivity index (χ2v) is 7.42. The fourth-order valence-corrected chi connectivity index (χ4v) is 3.44. The fraction of sp³-hybridized carbons (Fsp3) is 0.333. The van der Waals surface area contributed by atoms with E-state index < -0.39 is 0 Å². The van der Waals surface area contributed by atoms with Crippen LogP contribution in [0, 0.1) is 5.92 Å². The smallest absolute Gasteiger partial charge is 0.336 e. The third kappa shape index (κ3) is 3.81. The molecule has 120 valence electrons. The zero-order valence-electron chi connectivity index (χ0n) is 12.7. The maximum absolute atomic E-state index is 11.8. The second-order valence-electron chi connectivity index (χ2n) is 5.56. The van der Waals surface area contributed by atoms with Crippen LogP contribution < -0.4 is 5.63 Å². The van der Waals surface area contributed by atoms with Crippen molar-refractivity contribution in [2.45, 2.75) is 31.3 Å². The number of benzene rings is 1. The van der Waals surface area contributed by atoms with E-state index in [1.165, 1.54) is 17.8 Å². The third-order valence-electron chi connectivity index (χ3n) is 3.19. The monoisotopic (exact) mass is 394 g/mol. The lowest BCUT2D eigenvalue weighted by atomic mass is 10.1. The van der Waals surface area contributed by atoms with Crippen LogP contribution in [0.5, 0.6) is 0 Å². The number of hydrogen-bond acceptors (Lipinski definition) is 6. The first-order valence-electron chi connectivity index (χ1n) is 7.14. The lowest BCUT2D eigenvalue weighted by Gasteiger charge is -2.08. The van der Waals surface area contributed by atoms with Gasteiger partial charge in [0, 0.05) is 28.2 Å². The molecule has 2 aromatic heterocycles. The summed E-state index contributed by atoms with van der Waals surface area (Å²) in [5, 5.41) is 13.5. The SMILES string of the molecule is CC(C)Cn1nnnc1SCc1cc(=O)oc2cc(Br)ccc12. The van der Waals surface area contributed by atoms with Gasteiger partial charge in [-0.05, 0) is 40.1 Å². The molecule has 2 heterocycles. The van der Waals surface area contributed by atoms with E-state index in [0.717, 1.165) is 27.1 Å². The largest absolute Gasteiger partial charge is 0.423 e. The summed E-state index contributed by atoms with van der Waals surface area (Å²) in [7, 11) is 0. The van der Waals surface area contributed by atoms with Gasteiger partial charge in [-0.2, -0.15) is 0 Å². The van der Waals surface area contributed by atoms with Gasteiger partial charge in [0.25, 0.3) is 0 Å². The molecule has 0 radical (unpaired) electrons. The molecule has 0 saturated heterocycles. The van der Waals surface area contributed by atoms with E-state index in [9.17, 15) is 4.79 Å². The summed E-state index contributed by atoms with van der Waals surface area (Å²) in [4.78, 5) is 11.8. The Kier molecular flexibility index (Phi) is 4.82. The van der Waals surface area contributed by atoms with E-state index >= 15 is 0 Å². The molecule has 23 heavy (non-hydrogen) atoms. The summed E-state index contributed by atoms with van der Waals surface area (Å²) in [6, 6.07) is 7.20. The molecule has 8 heteroatoms. The summed E-state index contributed by atoms with van der Waals surface area (Å²) in [6.45, 7) is 4.99. The summed E-state index contributed by atoms with van der Waals surface area (Å²) in [5.41, 5.74) is 1.13. The van der Waals surface area contributed by atoms with Crippen molar-refractivity contribution in [3.05, 3.63) is 44.7 Å². The molecular formula is C15H15BrN4O2S. The first-order valence-corrected chi connectivity index (χ1v) is 8.92. The van der Waals surface area contributed by atoms with Crippen LogP contribution in [0.15, 0.2) is 43.1 Å². The summed E-state index contributed by atoms with van der Waals surface area (Å²) >= 11 is 4.90. The molecule has 0 saturated carbocycles. The molecule has 0 atom stereocenters. The van der Waals surface area contributed by atoms with Crippen LogP contribution >= 0.6 is 27.7 Å². The highest BCUT2D eigenvalue weighted by atomic mass is 79.9. The average molecular weight is 395 g/mol. The Morgan fingerprint density at radius 3 is 2.96 bits per heavy atom. The van der Waals surface area contributed by atoms with Crippen LogP contribution in [0.25, 0.3) is 11.0 Å². The molecule has 3 aromatic rings. The average Bonchev–Trinajstić information content (AvgIpc) is 2.90. The first-order chi connectivity index (χ1) is 11.0. The minimum Gasteiger partial charge on any atom is -0.423 e. The molecule has 0 aliphatic rings. The molecule has 0 aliphatic heterocycles. The quantitative estimate of drug-likeness (QED) is 0.486. The van der Waals surface area contributed by atoms with Gasteiger partial charge in [-0.3, -0.25) is 0 Å². The van der Waals surface area contributed by atoms with Crippen LogP contribution in [0.2, 0.25) is 0 Å². The van der Waals surface area contributed by atoms with Gasteiger partial charge in [0.1, 0.15) is 5.58 Å². The number of rotatable bonds is 5. The number of fused-ring (bicyclic) bond motifs is 1. The minimum atomic E-state index is -0.354. The van der Waals surface area contributed by atoms with Gasteiger partial charge in [-0.25, -0.2) is 9.48 Å². The van der Waals surface area contributed by atoms with E-state index in [4.69, 9.17) is 4.42 Å². The Morgan fingerprint density at radius 2 is 2.17 bits per heavy atom. The zero-order valence-corrected chi connectivity index (χ0v) is 15.1. The molecule has 0 fully saturated rings. The van der Waals surface area contributed by atoms with E-state index in [1.54, 1.807) is 10.7 Å². The molecule has 0 N–H and O–H groups in total. The lowest BCUT2D eigenvalue weighted by molar-refractivity contribution is 0.446. The Morgan fingerprint density at radius 1 is 1.35 bits per heavy atom. The maximum atomic E-state index is 11.8. The normalized spacial score (nSPS) is 11.5. The summed E-state index contributed by atoms with van der Waals surface area (Å²) < 4.78 is 7.92. The minimum absolute atomic E-state index is 0.354. The van der Waals surface area contributed by atoms with E-state index in [-0.39, 0.29) is 5.63 Å². The van der Waals surface area contributed by atoms with Crippen molar-refractivity contribution < 1.29 is 4.42 Å². The number of nitrogens with zero attached hydrogens (tertiary/aromatic N) is 4. The predicted molar refractivity (Wildman–Crippen MR) is 92.4 cm³/mol. The highest BCUT2D eigenvalue weighted by Crippen LogP contribution is 2.27. The van der Waals surface area contributed by atoms with Gasteiger partial charge >= 0.3 is 5.63 Å². The highest BCUT2D eigenvalue weighted by molar-refractivity contribution is 9.10. The topological polar surface area (TPSA) is 73.8 Å². The fourth-order valence-electron chi connectivity index (χ4n) is 2.23. The summed E-state index contributed by atoms with van der Waals surface area (Å²) in [6.07, 6.45) is 0. The number of hydrogen-bond donors (Lipinski definition) is 0. The van der Waals surface area contributed by atoms with Gasteiger partial charge in [0.05, 0.1) is 0 Å². The van der Waals surface area contributed by atoms with Crippen LogP contribution in [0.3, 0.4) is 0 Å².